The molecule has 4 heteroatoms. The Morgan fingerprint density at radius 1 is 1.57 bits per heavy atom. The summed E-state index contributed by atoms with van der Waals surface area (Å²) >= 11 is 0. The molecule has 0 amide bonds. The lowest BCUT2D eigenvalue weighted by molar-refractivity contribution is 0.577. The highest BCUT2D eigenvalue weighted by atomic mass is 16.3. The van der Waals surface area contributed by atoms with Gasteiger partial charge in [-0.05, 0) is 25.0 Å². The number of H-pyrrole nitrogens is 1. The fraction of sp³-hybridized carbons (Fsp3) is 0.300. The molecule has 0 aliphatic heterocycles. The Labute approximate surface area is 82.1 Å². The van der Waals surface area contributed by atoms with Crippen LogP contribution in [0.15, 0.2) is 16.7 Å². The van der Waals surface area contributed by atoms with Crippen LogP contribution in [-0.4, -0.2) is 10.2 Å². The van der Waals surface area contributed by atoms with Crippen LogP contribution in [0.4, 0.5) is 5.82 Å². The lowest BCUT2D eigenvalue weighted by Crippen LogP contribution is -1.90. The van der Waals surface area contributed by atoms with Gasteiger partial charge in [-0.2, -0.15) is 5.10 Å². The zero-order valence-corrected chi connectivity index (χ0v) is 8.29. The minimum absolute atomic E-state index is 0.552. The third-order valence-corrected chi connectivity index (χ3v) is 2.23. The van der Waals surface area contributed by atoms with Gasteiger partial charge in [0.05, 0.1) is 6.26 Å². The number of nitrogens with zero attached hydrogens (tertiary/aromatic N) is 1. The Morgan fingerprint density at radius 2 is 2.36 bits per heavy atom. The maximum Gasteiger partial charge on any atom is 0.152 e. The van der Waals surface area contributed by atoms with E-state index in [2.05, 4.69) is 10.2 Å². The van der Waals surface area contributed by atoms with Crippen molar-refractivity contribution in [1.29, 1.82) is 0 Å². The molecule has 0 bridgehead atoms. The Kier molecular flexibility index (Phi) is 2.04. The molecule has 2 aromatic rings. The molecule has 0 aliphatic rings. The zero-order chi connectivity index (χ0) is 10.1. The van der Waals surface area contributed by atoms with Crippen LogP contribution in [0.2, 0.25) is 0 Å². The van der Waals surface area contributed by atoms with Gasteiger partial charge in [-0.25, -0.2) is 0 Å². The molecule has 0 spiro atoms. The van der Waals surface area contributed by atoms with Gasteiger partial charge in [-0.3, -0.25) is 5.10 Å². The minimum atomic E-state index is 0.552. The summed E-state index contributed by atoms with van der Waals surface area (Å²) in [5.41, 5.74) is 8.71. The summed E-state index contributed by atoms with van der Waals surface area (Å²) < 4.78 is 5.38. The lowest BCUT2D eigenvalue weighted by Gasteiger charge is -1.96. The minimum Gasteiger partial charge on any atom is -0.462 e. The second-order valence-corrected chi connectivity index (χ2v) is 3.30. The van der Waals surface area contributed by atoms with E-state index in [1.807, 2.05) is 19.9 Å². The van der Waals surface area contributed by atoms with E-state index in [0.29, 0.717) is 5.82 Å². The highest BCUT2D eigenvalue weighted by Crippen LogP contribution is 2.26. The fourth-order valence-corrected chi connectivity index (χ4v) is 1.50. The Bertz CT molecular complexity index is 442. The van der Waals surface area contributed by atoms with Crippen LogP contribution < -0.4 is 5.73 Å². The van der Waals surface area contributed by atoms with Crippen molar-refractivity contribution in [2.75, 3.05) is 5.73 Å². The van der Waals surface area contributed by atoms with E-state index in [-0.39, 0.29) is 0 Å². The van der Waals surface area contributed by atoms with Gasteiger partial charge in [-0.15, -0.1) is 0 Å². The standard InChI is InChI=1S/C10H13N3O/c1-3-7-9(12-13-10(7)11)8-4-6(2)5-14-8/h4-5H,3H2,1-2H3,(H3,11,12,13). The van der Waals surface area contributed by atoms with E-state index in [1.165, 1.54) is 0 Å². The topological polar surface area (TPSA) is 67.8 Å². The SMILES string of the molecule is CCc1c(N)n[nH]c1-c1cc(C)co1. The molecular formula is C10H13N3O. The third kappa shape index (κ3) is 1.28. The van der Waals surface area contributed by atoms with Crippen LogP contribution in [-0.2, 0) is 6.42 Å². The van der Waals surface area contributed by atoms with Gasteiger partial charge in [-0.1, -0.05) is 6.92 Å². The molecule has 74 valence electrons. The first-order valence-corrected chi connectivity index (χ1v) is 4.60. The molecule has 0 fully saturated rings. The smallest absolute Gasteiger partial charge is 0.152 e. The summed E-state index contributed by atoms with van der Waals surface area (Å²) in [6.45, 7) is 4.03. The molecule has 2 aromatic heterocycles. The lowest BCUT2D eigenvalue weighted by atomic mass is 10.1. The third-order valence-electron chi connectivity index (χ3n) is 2.23. The molecular weight excluding hydrogens is 178 g/mol. The van der Waals surface area contributed by atoms with Gasteiger partial charge in [0.2, 0.25) is 0 Å². The number of hydrogen-bond acceptors (Lipinski definition) is 3. The first-order valence-electron chi connectivity index (χ1n) is 4.60. The van der Waals surface area contributed by atoms with Crippen molar-refractivity contribution < 1.29 is 4.42 Å². The summed E-state index contributed by atoms with van der Waals surface area (Å²) in [4.78, 5) is 0. The molecule has 3 N–H and O–H groups in total. The molecule has 0 aliphatic carbocycles. The monoisotopic (exact) mass is 191 g/mol. The number of hydrogen-bond donors (Lipinski definition) is 2. The number of aryl methyl sites for hydroxylation is 1. The predicted octanol–water partition coefficient (Wildman–Crippen LogP) is 2.12. The fourth-order valence-electron chi connectivity index (χ4n) is 1.50. The van der Waals surface area contributed by atoms with Crippen molar-refractivity contribution in [1.82, 2.24) is 10.2 Å². The number of furan rings is 1. The van der Waals surface area contributed by atoms with Gasteiger partial charge in [0.15, 0.2) is 5.76 Å². The van der Waals surface area contributed by atoms with Crippen LogP contribution in [0.3, 0.4) is 0 Å². The number of nitrogens with two attached hydrogens (primary N) is 1. The molecule has 2 heterocycles. The molecule has 14 heavy (non-hydrogen) atoms. The molecule has 2 rings (SSSR count). The van der Waals surface area contributed by atoms with Crippen LogP contribution in [0, 0.1) is 6.92 Å². The van der Waals surface area contributed by atoms with Crippen molar-refractivity contribution in [2.45, 2.75) is 20.3 Å². The quantitative estimate of drug-likeness (QED) is 0.764. The normalized spacial score (nSPS) is 10.7. The molecule has 0 atom stereocenters. The van der Waals surface area contributed by atoms with E-state index < -0.39 is 0 Å². The number of nitrogen functional groups attached to an aromatic ring is 1. The van der Waals surface area contributed by atoms with Crippen LogP contribution >= 0.6 is 0 Å². The van der Waals surface area contributed by atoms with E-state index >= 15 is 0 Å². The molecule has 0 saturated heterocycles. The summed E-state index contributed by atoms with van der Waals surface area (Å²) in [7, 11) is 0. The summed E-state index contributed by atoms with van der Waals surface area (Å²) in [5.74, 6) is 1.35. The molecule has 4 nitrogen and oxygen atoms in total. The van der Waals surface area contributed by atoms with Gasteiger partial charge in [0.1, 0.15) is 11.5 Å². The highest BCUT2D eigenvalue weighted by Gasteiger charge is 2.13. The second kappa shape index (κ2) is 3.21. The van der Waals surface area contributed by atoms with E-state index in [9.17, 15) is 0 Å². The van der Waals surface area contributed by atoms with Gasteiger partial charge < -0.3 is 10.2 Å². The second-order valence-electron chi connectivity index (χ2n) is 3.30. The Hall–Kier alpha value is -1.71. The van der Waals surface area contributed by atoms with Crippen LogP contribution in [0.25, 0.3) is 11.5 Å². The van der Waals surface area contributed by atoms with Crippen LogP contribution in [0.5, 0.6) is 0 Å². The number of aromatic nitrogens is 2. The number of nitrogens with one attached hydrogen (secondary N) is 1. The van der Waals surface area contributed by atoms with Crippen molar-refractivity contribution >= 4 is 5.82 Å². The van der Waals surface area contributed by atoms with Crippen molar-refractivity contribution in [3.63, 3.8) is 0 Å². The van der Waals surface area contributed by atoms with E-state index in [0.717, 1.165) is 29.0 Å². The number of anilines is 1. The summed E-state index contributed by atoms with van der Waals surface area (Å²) in [5, 5.41) is 6.85. The van der Waals surface area contributed by atoms with Gasteiger partial charge in [0, 0.05) is 5.56 Å². The summed E-state index contributed by atoms with van der Waals surface area (Å²) in [6, 6.07) is 1.96. The first-order chi connectivity index (χ1) is 6.72. The van der Waals surface area contributed by atoms with Crippen LogP contribution in [0.1, 0.15) is 18.1 Å². The Morgan fingerprint density at radius 3 is 2.93 bits per heavy atom. The van der Waals surface area contributed by atoms with E-state index in [4.69, 9.17) is 10.2 Å². The maximum absolute atomic E-state index is 5.71. The average molecular weight is 191 g/mol. The van der Waals surface area contributed by atoms with E-state index in [1.54, 1.807) is 6.26 Å². The van der Waals surface area contributed by atoms with Gasteiger partial charge >= 0.3 is 0 Å². The summed E-state index contributed by atoms with van der Waals surface area (Å²) in [6.07, 6.45) is 2.56. The maximum atomic E-state index is 5.71. The molecule has 0 saturated carbocycles. The first kappa shape index (κ1) is 8.87. The molecule has 0 unspecified atom stereocenters. The van der Waals surface area contributed by atoms with Gasteiger partial charge in [0.25, 0.3) is 0 Å². The zero-order valence-electron chi connectivity index (χ0n) is 8.29. The number of rotatable bonds is 2. The molecule has 0 radical (unpaired) electrons. The van der Waals surface area contributed by atoms with Crippen molar-refractivity contribution in [2.24, 2.45) is 0 Å². The highest BCUT2D eigenvalue weighted by molar-refractivity contribution is 5.64. The van der Waals surface area contributed by atoms with Crippen molar-refractivity contribution in [3.05, 3.63) is 23.5 Å². The number of aromatic amines is 1. The largest absolute Gasteiger partial charge is 0.462 e. The Balaban J connectivity index is 2.51. The average Bonchev–Trinajstić information content (AvgIpc) is 2.71. The predicted molar refractivity (Wildman–Crippen MR) is 54.8 cm³/mol. The molecule has 0 aromatic carbocycles. The van der Waals surface area contributed by atoms with Crippen molar-refractivity contribution in [3.8, 4) is 11.5 Å².